The van der Waals surface area contributed by atoms with Crippen LogP contribution in [0, 0.1) is 6.92 Å². The molecule has 5 aromatic rings. The maximum Gasteiger partial charge on any atom is 0.263 e. The molecule has 0 unspecified atom stereocenters. The average molecular weight is 581 g/mol. The van der Waals surface area contributed by atoms with Crippen molar-refractivity contribution in [2.45, 2.75) is 11.8 Å². The molecule has 1 N–H and O–H groups in total. The first kappa shape index (κ1) is 30.1. The zero-order valence-electron chi connectivity index (χ0n) is 23.3. The zero-order chi connectivity index (χ0) is 28.4. The third-order valence-corrected chi connectivity index (χ3v) is 7.88. The number of benzene rings is 3. The number of sulfonamides is 1. The Kier molecular flexibility index (Phi) is 9.08. The minimum absolute atomic E-state index is 0. The van der Waals surface area contributed by atoms with Crippen LogP contribution in [-0.4, -0.2) is 67.7 Å². The number of aryl methyl sites for hydroxylation is 2. The molecule has 0 spiro atoms. The van der Waals surface area contributed by atoms with Gasteiger partial charge in [0.1, 0.15) is 17.3 Å². The first-order valence-corrected chi connectivity index (χ1v) is 13.8. The van der Waals surface area contributed by atoms with Crippen LogP contribution in [0.5, 0.6) is 11.5 Å². The predicted molar refractivity (Wildman–Crippen MR) is 159 cm³/mol. The van der Waals surface area contributed by atoms with Crippen LogP contribution in [0.15, 0.2) is 88.3 Å². The summed E-state index contributed by atoms with van der Waals surface area (Å²) >= 11 is 0. The van der Waals surface area contributed by atoms with Crippen molar-refractivity contribution < 1.29 is 27.2 Å². The quantitative estimate of drug-likeness (QED) is 0.140. The number of para-hydroxylation sites is 1. The molecular formula is C30H27N3NaO6S. The van der Waals surface area contributed by atoms with Crippen LogP contribution in [0.25, 0.3) is 28.2 Å². The Morgan fingerprint density at radius 2 is 1.68 bits per heavy atom. The van der Waals surface area contributed by atoms with E-state index in [2.05, 4.69) is 32.6 Å². The van der Waals surface area contributed by atoms with Crippen molar-refractivity contribution in [3.05, 3.63) is 95.8 Å². The summed E-state index contributed by atoms with van der Waals surface area (Å²) in [5.74, 6) is 1.43. The average Bonchev–Trinajstić information content (AvgIpc) is 3.52. The second-order valence-electron chi connectivity index (χ2n) is 9.09. The van der Waals surface area contributed by atoms with E-state index in [1.165, 1.54) is 36.4 Å². The van der Waals surface area contributed by atoms with E-state index in [4.69, 9.17) is 14.0 Å². The SMILES string of the molecule is COc1cc(OC)c(-c2cc3ccccc3n2C)cc1/C=C/C(=O)c1ccc(S(=O)(=O)Nc2cc(C)on2)cc1.[Na]. The van der Waals surface area contributed by atoms with Crippen LogP contribution in [0.2, 0.25) is 0 Å². The molecule has 0 aliphatic rings. The van der Waals surface area contributed by atoms with Gasteiger partial charge in [0.05, 0.1) is 24.8 Å². The Bertz CT molecular complexity index is 1860. The van der Waals surface area contributed by atoms with Crippen LogP contribution in [0.1, 0.15) is 21.7 Å². The molecule has 5 rings (SSSR count). The maximum atomic E-state index is 13.0. The minimum atomic E-state index is -3.89. The number of aromatic nitrogens is 2. The monoisotopic (exact) mass is 580 g/mol. The van der Waals surface area contributed by atoms with Gasteiger partial charge in [0, 0.05) is 76.3 Å². The van der Waals surface area contributed by atoms with Gasteiger partial charge < -0.3 is 18.6 Å². The maximum absolute atomic E-state index is 13.0. The summed E-state index contributed by atoms with van der Waals surface area (Å²) in [5, 5.41) is 4.74. The Hall–Kier alpha value is -3.83. The third-order valence-electron chi connectivity index (χ3n) is 6.51. The Morgan fingerprint density at radius 1 is 0.976 bits per heavy atom. The molecule has 0 amide bonds. The number of nitrogens with one attached hydrogen (secondary N) is 1. The van der Waals surface area contributed by atoms with E-state index in [0.717, 1.165) is 22.2 Å². The van der Waals surface area contributed by atoms with Crippen LogP contribution in [0.4, 0.5) is 5.82 Å². The molecule has 0 aliphatic carbocycles. The number of fused-ring (bicyclic) bond motifs is 1. The molecule has 0 bridgehead atoms. The van der Waals surface area contributed by atoms with Gasteiger partial charge in [-0.1, -0.05) is 23.4 Å². The van der Waals surface area contributed by atoms with Crippen molar-refractivity contribution in [3.8, 4) is 22.8 Å². The summed E-state index contributed by atoms with van der Waals surface area (Å²) in [6.45, 7) is 1.66. The van der Waals surface area contributed by atoms with Crippen LogP contribution < -0.4 is 14.2 Å². The van der Waals surface area contributed by atoms with Gasteiger partial charge in [0.2, 0.25) is 0 Å². The molecule has 3 aromatic carbocycles. The smallest absolute Gasteiger partial charge is 0.263 e. The number of nitrogens with zero attached hydrogens (tertiary/aromatic N) is 2. The fourth-order valence-corrected chi connectivity index (χ4v) is 5.46. The molecule has 205 valence electrons. The molecular weight excluding hydrogens is 553 g/mol. The third kappa shape index (κ3) is 6.25. The summed E-state index contributed by atoms with van der Waals surface area (Å²) in [4.78, 5) is 13.0. The van der Waals surface area contributed by atoms with Crippen molar-refractivity contribution >= 4 is 68.2 Å². The van der Waals surface area contributed by atoms with Crippen molar-refractivity contribution in [1.29, 1.82) is 0 Å². The van der Waals surface area contributed by atoms with Crippen molar-refractivity contribution in [1.82, 2.24) is 9.72 Å². The number of carbonyl (C=O) groups excluding carboxylic acids is 1. The van der Waals surface area contributed by atoms with Gasteiger partial charge in [-0.2, -0.15) is 0 Å². The van der Waals surface area contributed by atoms with Crippen molar-refractivity contribution in [2.75, 3.05) is 18.9 Å². The number of anilines is 1. The van der Waals surface area contributed by atoms with Gasteiger partial charge >= 0.3 is 0 Å². The molecule has 11 heteroatoms. The fraction of sp³-hybridized carbons (Fsp3) is 0.133. The number of methoxy groups -OCH3 is 2. The van der Waals surface area contributed by atoms with Gasteiger partial charge in [-0.05, 0) is 61.5 Å². The number of ketones is 1. The minimum Gasteiger partial charge on any atom is -0.496 e. The number of hydrogen-bond donors (Lipinski definition) is 1. The van der Waals surface area contributed by atoms with Crippen molar-refractivity contribution in [3.63, 3.8) is 0 Å². The number of carbonyl (C=O) groups is 1. The van der Waals surface area contributed by atoms with E-state index >= 15 is 0 Å². The number of hydrogen-bond acceptors (Lipinski definition) is 7. The molecule has 2 aromatic heterocycles. The number of rotatable bonds is 9. The fourth-order valence-electron chi connectivity index (χ4n) is 4.47. The van der Waals surface area contributed by atoms with Gasteiger partial charge in [-0.3, -0.25) is 9.52 Å². The molecule has 0 saturated heterocycles. The second-order valence-corrected chi connectivity index (χ2v) is 10.8. The van der Waals surface area contributed by atoms with Gasteiger partial charge in [0.15, 0.2) is 11.6 Å². The normalized spacial score (nSPS) is 11.4. The van der Waals surface area contributed by atoms with Crippen LogP contribution >= 0.6 is 0 Å². The largest absolute Gasteiger partial charge is 0.496 e. The van der Waals surface area contributed by atoms with Gasteiger partial charge in [-0.15, -0.1) is 0 Å². The van der Waals surface area contributed by atoms with Gasteiger partial charge in [-0.25, -0.2) is 8.42 Å². The summed E-state index contributed by atoms with van der Waals surface area (Å²) in [7, 11) is 1.26. The summed E-state index contributed by atoms with van der Waals surface area (Å²) in [5.41, 5.74) is 3.89. The summed E-state index contributed by atoms with van der Waals surface area (Å²) in [6.07, 6.45) is 3.10. The first-order chi connectivity index (χ1) is 19.2. The molecule has 2 heterocycles. The van der Waals surface area contributed by atoms with E-state index < -0.39 is 10.0 Å². The Balaban J connectivity index is 0.00000387. The Labute approximate surface area is 260 Å². The molecule has 9 nitrogen and oxygen atoms in total. The molecule has 0 saturated carbocycles. The van der Waals surface area contributed by atoms with E-state index in [-0.39, 0.29) is 46.1 Å². The summed E-state index contributed by atoms with van der Waals surface area (Å²) < 4.78 is 45.9. The van der Waals surface area contributed by atoms with Gasteiger partial charge in [0.25, 0.3) is 10.0 Å². The molecule has 41 heavy (non-hydrogen) atoms. The first-order valence-electron chi connectivity index (χ1n) is 12.3. The standard InChI is InChI=1S/C30H27N3O6S.Na/c1-19-15-30(31-39-19)32-40(35,36)23-12-9-20(10-13-23)27(34)14-11-22-16-24(29(38-4)18-28(22)37-3)26-17-21-7-5-6-8-25(21)33(26)2;/h5-18H,1-4H3,(H,31,32);/b14-11+;. The van der Waals surface area contributed by atoms with Crippen LogP contribution in [0.3, 0.4) is 0 Å². The van der Waals surface area contributed by atoms with E-state index in [9.17, 15) is 13.2 Å². The number of ether oxygens (including phenoxy) is 2. The van der Waals surface area contributed by atoms with E-state index in [1.54, 1.807) is 33.3 Å². The molecule has 0 aliphatic heterocycles. The number of allylic oxidation sites excluding steroid dienone is 1. The van der Waals surface area contributed by atoms with E-state index in [1.807, 2.05) is 25.2 Å². The van der Waals surface area contributed by atoms with Crippen molar-refractivity contribution in [2.24, 2.45) is 7.05 Å². The molecule has 1 radical (unpaired) electrons. The summed E-state index contributed by atoms with van der Waals surface area (Å²) in [6, 6.07) is 21.0. The van der Waals surface area contributed by atoms with Crippen LogP contribution in [-0.2, 0) is 17.1 Å². The second kappa shape index (κ2) is 12.4. The molecule has 0 atom stereocenters. The van der Waals surface area contributed by atoms with E-state index in [0.29, 0.717) is 28.4 Å². The topological polar surface area (TPSA) is 113 Å². The molecule has 0 fully saturated rings. The zero-order valence-corrected chi connectivity index (χ0v) is 26.2. The predicted octanol–water partition coefficient (Wildman–Crippen LogP) is 5.48. The Morgan fingerprint density at radius 3 is 2.32 bits per heavy atom.